The van der Waals surface area contributed by atoms with Crippen molar-refractivity contribution >= 4 is 22.9 Å². The number of carbonyl (C=O) groups excluding carboxylic acids is 1. The van der Waals surface area contributed by atoms with Crippen LogP contribution in [0.2, 0.25) is 0 Å². The van der Waals surface area contributed by atoms with Gasteiger partial charge in [-0.15, -0.1) is 0 Å². The molecule has 15 heteroatoms. The number of carbonyl (C=O) groups is 2. The summed E-state index contributed by atoms with van der Waals surface area (Å²) in [6.07, 6.45) is -10.2. The van der Waals surface area contributed by atoms with Gasteiger partial charge in [-0.2, -0.15) is 0 Å². The molecule has 4 rings (SSSR count). The Kier molecular flexibility index (Phi) is 7.51. The normalized spacial score (nSPS) is 22.9. The lowest BCUT2D eigenvalue weighted by Crippen LogP contribution is -2.60. The van der Waals surface area contributed by atoms with Crippen molar-refractivity contribution in [2.45, 2.75) is 37.1 Å². The number of aliphatic hydroxyl groups is 3. The van der Waals surface area contributed by atoms with Crippen LogP contribution < -0.4 is 10.2 Å². The van der Waals surface area contributed by atoms with Crippen molar-refractivity contribution in [3.05, 3.63) is 40.6 Å². The fourth-order valence-electron chi connectivity index (χ4n) is 3.85. The summed E-state index contributed by atoms with van der Waals surface area (Å²) in [7, 11) is 0. The van der Waals surface area contributed by atoms with Crippen molar-refractivity contribution < 1.29 is 69.1 Å². The topological polar surface area (TPSA) is 254 Å². The molecule has 0 radical (unpaired) electrons. The molecule has 0 saturated carbocycles. The van der Waals surface area contributed by atoms with E-state index in [2.05, 4.69) is 0 Å². The lowest BCUT2D eigenvalue weighted by atomic mass is 9.99. The number of carboxylic acids is 1. The molecule has 1 aliphatic rings. The van der Waals surface area contributed by atoms with Crippen LogP contribution in [0.15, 0.2) is 39.5 Å². The van der Waals surface area contributed by atoms with Gasteiger partial charge in [0.1, 0.15) is 59.9 Å². The minimum atomic E-state index is -1.99. The minimum absolute atomic E-state index is 0.0489. The maximum atomic E-state index is 13.4. The summed E-state index contributed by atoms with van der Waals surface area (Å²) in [4.78, 5) is 35.7. The number of ether oxygens (including phenoxy) is 3. The molecule has 0 amide bonds. The number of aliphatic carboxylic acids is 1. The number of esters is 1. The predicted molar refractivity (Wildman–Crippen MR) is 125 cm³/mol. The molecule has 1 fully saturated rings. The van der Waals surface area contributed by atoms with Crippen LogP contribution in [0.3, 0.4) is 0 Å². The summed E-state index contributed by atoms with van der Waals surface area (Å²) in [6, 6.07) is 5.14. The van der Waals surface area contributed by atoms with E-state index in [0.717, 1.165) is 24.3 Å². The summed E-state index contributed by atoms with van der Waals surface area (Å²) < 4.78 is 21.4. The van der Waals surface area contributed by atoms with Crippen LogP contribution in [0, 0.1) is 0 Å². The summed E-state index contributed by atoms with van der Waals surface area (Å²) in [6.45, 7) is -0.762. The number of benzene rings is 2. The summed E-state index contributed by atoms with van der Waals surface area (Å²) >= 11 is 0. The van der Waals surface area contributed by atoms with Crippen molar-refractivity contribution in [2.75, 3.05) is 6.61 Å². The lowest BCUT2D eigenvalue weighted by molar-refractivity contribution is -0.278. The van der Waals surface area contributed by atoms with E-state index in [1.54, 1.807) is 0 Å². The predicted octanol–water partition coefficient (Wildman–Crippen LogP) is -0.513. The van der Waals surface area contributed by atoms with Crippen LogP contribution in [0.5, 0.6) is 28.7 Å². The van der Waals surface area contributed by atoms with Gasteiger partial charge in [-0.05, 0) is 18.2 Å². The number of hydrogen-bond acceptors (Lipinski definition) is 14. The van der Waals surface area contributed by atoms with Crippen LogP contribution in [0.1, 0.15) is 6.42 Å². The summed E-state index contributed by atoms with van der Waals surface area (Å²) in [5.74, 6) is -6.09. The highest BCUT2D eigenvalue weighted by atomic mass is 16.7. The van der Waals surface area contributed by atoms with E-state index in [1.807, 2.05) is 0 Å². The zero-order chi connectivity index (χ0) is 28.6. The highest BCUT2D eigenvalue weighted by Gasteiger charge is 2.46. The van der Waals surface area contributed by atoms with Gasteiger partial charge in [0.25, 0.3) is 0 Å². The molecule has 5 atom stereocenters. The van der Waals surface area contributed by atoms with E-state index < -0.39 is 101 Å². The summed E-state index contributed by atoms with van der Waals surface area (Å²) in [5.41, 5.74) is -1.40. The second kappa shape index (κ2) is 10.7. The largest absolute Gasteiger partial charge is 0.508 e. The highest BCUT2D eigenvalue weighted by Crippen LogP contribution is 2.39. The average Bonchev–Trinajstić information content (AvgIpc) is 2.85. The van der Waals surface area contributed by atoms with E-state index >= 15 is 0 Å². The van der Waals surface area contributed by atoms with Crippen LogP contribution in [-0.2, 0) is 19.1 Å². The molecule has 2 heterocycles. The third-order valence-corrected chi connectivity index (χ3v) is 5.76. The third kappa shape index (κ3) is 5.51. The van der Waals surface area contributed by atoms with E-state index in [1.165, 1.54) is 6.07 Å². The Balaban J connectivity index is 1.76. The van der Waals surface area contributed by atoms with Crippen molar-refractivity contribution in [1.82, 2.24) is 0 Å². The van der Waals surface area contributed by atoms with Crippen molar-refractivity contribution in [3.63, 3.8) is 0 Å². The van der Waals surface area contributed by atoms with Gasteiger partial charge < -0.3 is 59.5 Å². The number of carboxylic acid groups (broad SMARTS) is 1. The Morgan fingerprint density at radius 2 is 1.62 bits per heavy atom. The van der Waals surface area contributed by atoms with Gasteiger partial charge in [-0.1, -0.05) is 0 Å². The Labute approximate surface area is 216 Å². The third-order valence-electron chi connectivity index (χ3n) is 5.76. The van der Waals surface area contributed by atoms with E-state index in [0.29, 0.717) is 0 Å². The molecule has 39 heavy (non-hydrogen) atoms. The van der Waals surface area contributed by atoms with Gasteiger partial charge in [-0.3, -0.25) is 14.4 Å². The molecule has 0 spiro atoms. The fourth-order valence-corrected chi connectivity index (χ4v) is 3.85. The van der Waals surface area contributed by atoms with Gasteiger partial charge in [0.2, 0.25) is 17.5 Å². The number of aliphatic hydroxyl groups excluding tert-OH is 3. The minimum Gasteiger partial charge on any atom is -0.508 e. The second-order valence-corrected chi connectivity index (χ2v) is 8.52. The number of rotatable bonds is 7. The molecule has 1 aliphatic heterocycles. The first kappa shape index (κ1) is 27.5. The van der Waals surface area contributed by atoms with E-state index in [-0.39, 0.29) is 11.1 Å². The Morgan fingerprint density at radius 1 is 0.897 bits per heavy atom. The van der Waals surface area contributed by atoms with E-state index in [4.69, 9.17) is 23.7 Å². The van der Waals surface area contributed by atoms with E-state index in [9.17, 15) is 50.1 Å². The van der Waals surface area contributed by atoms with Gasteiger partial charge in [0.15, 0.2) is 17.3 Å². The quantitative estimate of drug-likeness (QED) is 0.105. The molecule has 15 nitrogen and oxygen atoms in total. The monoisotopic (exact) mass is 550 g/mol. The van der Waals surface area contributed by atoms with Crippen LogP contribution in [-0.4, -0.2) is 90.1 Å². The molecule has 0 aliphatic carbocycles. The van der Waals surface area contributed by atoms with Gasteiger partial charge >= 0.3 is 11.9 Å². The number of phenolic OH excluding ortho intramolecular Hbond substituents is 4. The average molecular weight is 550 g/mol. The molecular formula is C24H22O15. The van der Waals surface area contributed by atoms with Gasteiger partial charge in [0.05, 0.1) is 0 Å². The smallest absolute Gasteiger partial charge is 0.317 e. The molecule has 208 valence electrons. The maximum Gasteiger partial charge on any atom is 0.317 e. The zero-order valence-electron chi connectivity index (χ0n) is 19.6. The van der Waals surface area contributed by atoms with Crippen LogP contribution >= 0.6 is 0 Å². The first-order chi connectivity index (χ1) is 18.4. The Bertz CT molecular complexity index is 1480. The van der Waals surface area contributed by atoms with Crippen molar-refractivity contribution in [3.8, 4) is 40.1 Å². The first-order valence-electron chi connectivity index (χ1n) is 11.2. The van der Waals surface area contributed by atoms with Crippen LogP contribution in [0.25, 0.3) is 22.3 Å². The molecule has 2 aromatic carbocycles. The molecule has 0 bridgehead atoms. The number of aromatic hydroxyl groups is 4. The molecule has 5 unspecified atom stereocenters. The Hall–Kier alpha value is -4.57. The SMILES string of the molecule is O=C(O)CC(=O)OCC1OC(Oc2c(-c3ccc(O)c(O)c3)oc3cc(O)cc(O)c3c2=O)C(O)C(O)C1O. The standard InChI is InChI=1S/C24H22O15/c25-9-4-12(28)17-13(5-9)37-22(8-1-2-10(26)11(27)3-8)23(19(17)33)39-24-21(35)20(34)18(32)14(38-24)7-36-16(31)6-15(29)30/h1-5,14,18,20-21,24-28,32,34-35H,6-7H2,(H,29,30). The zero-order valence-corrected chi connectivity index (χ0v) is 19.6. The molecule has 3 aromatic rings. The molecular weight excluding hydrogens is 528 g/mol. The Morgan fingerprint density at radius 3 is 2.28 bits per heavy atom. The lowest BCUT2D eigenvalue weighted by Gasteiger charge is -2.39. The number of fused-ring (bicyclic) bond motifs is 1. The maximum absolute atomic E-state index is 13.4. The second-order valence-electron chi connectivity index (χ2n) is 8.52. The summed E-state index contributed by atoms with van der Waals surface area (Å²) in [5, 5.41) is 79.0. The van der Waals surface area contributed by atoms with Crippen molar-refractivity contribution in [1.29, 1.82) is 0 Å². The molecule has 1 saturated heterocycles. The molecule has 1 aromatic heterocycles. The van der Waals surface area contributed by atoms with Crippen LogP contribution in [0.4, 0.5) is 0 Å². The van der Waals surface area contributed by atoms with Gasteiger partial charge in [0, 0.05) is 17.7 Å². The number of phenols is 4. The van der Waals surface area contributed by atoms with Gasteiger partial charge in [-0.25, -0.2) is 0 Å². The first-order valence-corrected chi connectivity index (χ1v) is 11.2. The fraction of sp³-hybridized carbons (Fsp3) is 0.292. The van der Waals surface area contributed by atoms with Crippen molar-refractivity contribution in [2.24, 2.45) is 0 Å². The highest BCUT2D eigenvalue weighted by molar-refractivity contribution is 5.90. The molecule has 8 N–H and O–H groups in total. The number of hydrogen-bond donors (Lipinski definition) is 8.